The van der Waals surface area contributed by atoms with Gasteiger partial charge in [0.25, 0.3) is 5.91 Å². The average Bonchev–Trinajstić information content (AvgIpc) is 2.67. The maximum Gasteiger partial charge on any atom is 0.272 e. The number of piperidine rings is 1. The number of anilines is 2. The maximum absolute atomic E-state index is 13.9. The smallest absolute Gasteiger partial charge is 0.272 e. The van der Waals surface area contributed by atoms with Crippen LogP contribution in [0.4, 0.5) is 24.7 Å². The van der Waals surface area contributed by atoms with Crippen molar-refractivity contribution in [3.05, 3.63) is 47.2 Å². The van der Waals surface area contributed by atoms with Gasteiger partial charge in [0.05, 0.1) is 5.69 Å². The minimum Gasteiger partial charge on any atom is -0.338 e. The number of aryl methyl sites for hydroxylation is 1. The molecule has 0 spiro atoms. The van der Waals surface area contributed by atoms with Crippen molar-refractivity contribution in [3.63, 3.8) is 0 Å². The predicted molar refractivity (Wildman–Crippen MR) is 95.3 cm³/mol. The van der Waals surface area contributed by atoms with Crippen molar-refractivity contribution in [1.29, 1.82) is 0 Å². The number of hydrogen-bond donors (Lipinski definition) is 1. The minimum atomic E-state index is -1.57. The first-order valence-corrected chi connectivity index (χ1v) is 8.98. The number of carbonyl (C=O) groups excluding carboxylic acids is 1. The first kappa shape index (κ1) is 19.1. The van der Waals surface area contributed by atoms with Crippen LogP contribution < -0.4 is 5.32 Å². The summed E-state index contributed by atoms with van der Waals surface area (Å²) in [7, 11) is 0. The topological polar surface area (TPSA) is 58.1 Å². The molecule has 0 aliphatic carbocycles. The molecule has 5 nitrogen and oxygen atoms in total. The number of amides is 1. The Bertz CT molecular complexity index is 859. The fourth-order valence-electron chi connectivity index (χ4n) is 3.34. The maximum atomic E-state index is 13.9. The van der Waals surface area contributed by atoms with Crippen LogP contribution in [-0.2, 0) is 0 Å². The number of nitrogens with zero attached hydrogens (tertiary/aromatic N) is 3. The molecule has 1 unspecified atom stereocenters. The molecule has 0 radical (unpaired) electrons. The van der Waals surface area contributed by atoms with Gasteiger partial charge >= 0.3 is 0 Å². The first-order valence-electron chi connectivity index (χ1n) is 8.98. The summed E-state index contributed by atoms with van der Waals surface area (Å²) in [6.07, 6.45) is 3.85. The van der Waals surface area contributed by atoms with Crippen molar-refractivity contribution in [2.24, 2.45) is 0 Å². The molecule has 8 heteroatoms. The van der Waals surface area contributed by atoms with E-state index in [9.17, 15) is 18.0 Å². The Balaban J connectivity index is 1.88. The number of rotatable bonds is 4. The molecule has 1 amide bonds. The molecule has 1 fully saturated rings. The molecule has 144 valence electrons. The Labute approximate surface area is 155 Å². The fourth-order valence-corrected chi connectivity index (χ4v) is 3.34. The molecule has 0 bridgehead atoms. The molecule has 1 aliphatic heterocycles. The number of halogens is 3. The lowest BCUT2D eigenvalue weighted by atomic mass is 9.99. The van der Waals surface area contributed by atoms with Gasteiger partial charge in [0, 0.05) is 18.7 Å². The monoisotopic (exact) mass is 378 g/mol. The van der Waals surface area contributed by atoms with Gasteiger partial charge in [-0.25, -0.2) is 23.1 Å². The fraction of sp³-hybridized carbons (Fsp3) is 0.421. The van der Waals surface area contributed by atoms with Crippen LogP contribution in [0.15, 0.2) is 18.2 Å². The van der Waals surface area contributed by atoms with Gasteiger partial charge in [0.15, 0.2) is 17.5 Å². The third-order valence-electron chi connectivity index (χ3n) is 4.71. The second-order valence-corrected chi connectivity index (χ2v) is 6.59. The lowest BCUT2D eigenvalue weighted by Crippen LogP contribution is -2.43. The lowest BCUT2D eigenvalue weighted by Gasteiger charge is -2.35. The minimum absolute atomic E-state index is 0.140. The summed E-state index contributed by atoms with van der Waals surface area (Å²) < 4.78 is 40.4. The van der Waals surface area contributed by atoms with E-state index < -0.39 is 17.5 Å². The van der Waals surface area contributed by atoms with Gasteiger partial charge < -0.3 is 10.2 Å². The van der Waals surface area contributed by atoms with E-state index in [1.807, 2.05) is 11.8 Å². The molecule has 3 rings (SSSR count). The van der Waals surface area contributed by atoms with E-state index >= 15 is 0 Å². The Kier molecular flexibility index (Phi) is 5.62. The summed E-state index contributed by atoms with van der Waals surface area (Å²) >= 11 is 0. The zero-order chi connectivity index (χ0) is 19.6. The normalized spacial score (nSPS) is 17.1. The summed E-state index contributed by atoms with van der Waals surface area (Å²) in [6, 6.07) is 3.46. The van der Waals surface area contributed by atoms with E-state index in [1.165, 1.54) is 6.07 Å². The summed E-state index contributed by atoms with van der Waals surface area (Å²) in [6.45, 7) is 4.32. The van der Waals surface area contributed by atoms with Crippen LogP contribution >= 0.6 is 0 Å². The molecule has 1 aliphatic rings. The van der Waals surface area contributed by atoms with Gasteiger partial charge in [-0.15, -0.1) is 0 Å². The van der Waals surface area contributed by atoms with E-state index in [-0.39, 0.29) is 29.1 Å². The highest BCUT2D eigenvalue weighted by molar-refractivity contribution is 5.93. The number of likely N-dealkylation sites (tertiary alicyclic amines) is 1. The number of carbonyl (C=O) groups is 1. The van der Waals surface area contributed by atoms with Crippen molar-refractivity contribution in [2.75, 3.05) is 11.9 Å². The molecule has 1 N–H and O–H groups in total. The van der Waals surface area contributed by atoms with Crippen LogP contribution in [0.1, 0.15) is 48.9 Å². The summed E-state index contributed by atoms with van der Waals surface area (Å²) in [5.41, 5.74) is -0.0804. The van der Waals surface area contributed by atoms with E-state index in [1.54, 1.807) is 6.92 Å². The molecule has 27 heavy (non-hydrogen) atoms. The van der Waals surface area contributed by atoms with Crippen molar-refractivity contribution in [3.8, 4) is 0 Å². The quantitative estimate of drug-likeness (QED) is 0.804. The molecular weight excluding hydrogens is 357 g/mol. The van der Waals surface area contributed by atoms with Gasteiger partial charge in [-0.3, -0.25) is 4.79 Å². The molecule has 2 aromatic rings. The zero-order valence-corrected chi connectivity index (χ0v) is 15.2. The van der Waals surface area contributed by atoms with Crippen LogP contribution in [0.5, 0.6) is 0 Å². The van der Waals surface area contributed by atoms with Gasteiger partial charge in [0.2, 0.25) is 0 Å². The van der Waals surface area contributed by atoms with Crippen LogP contribution in [-0.4, -0.2) is 33.4 Å². The third kappa shape index (κ3) is 4.04. The summed E-state index contributed by atoms with van der Waals surface area (Å²) in [5, 5.41) is 2.60. The summed E-state index contributed by atoms with van der Waals surface area (Å²) in [4.78, 5) is 23.0. The van der Waals surface area contributed by atoms with Gasteiger partial charge in [0.1, 0.15) is 17.3 Å². The van der Waals surface area contributed by atoms with Crippen molar-refractivity contribution >= 4 is 17.4 Å². The van der Waals surface area contributed by atoms with E-state index in [0.717, 1.165) is 37.8 Å². The Hall–Kier alpha value is -2.64. The standard InChI is InChI=1S/C19H21F3N4O/c1-3-12-6-4-5-9-26(12)19(27)15-10-16(24-11(2)23-15)25-14-8-7-13(20)17(21)18(14)22/h7-8,10,12H,3-6,9H2,1-2H3,(H,23,24,25). The molecule has 0 saturated carbocycles. The molecule has 1 aromatic carbocycles. The SMILES string of the molecule is CCC1CCCCN1C(=O)c1cc(Nc2ccc(F)c(F)c2F)nc(C)n1. The Morgan fingerprint density at radius 3 is 2.74 bits per heavy atom. The van der Waals surface area contributed by atoms with Gasteiger partial charge in [-0.1, -0.05) is 6.92 Å². The Morgan fingerprint density at radius 2 is 2.00 bits per heavy atom. The second-order valence-electron chi connectivity index (χ2n) is 6.59. The highest BCUT2D eigenvalue weighted by Crippen LogP contribution is 2.25. The molecule has 1 atom stereocenters. The second kappa shape index (κ2) is 7.94. The molecule has 1 aromatic heterocycles. The predicted octanol–water partition coefficient (Wildman–Crippen LogP) is 4.35. The number of hydrogen-bond acceptors (Lipinski definition) is 4. The molecule has 1 saturated heterocycles. The van der Waals surface area contributed by atoms with Gasteiger partial charge in [-0.05, 0) is 44.7 Å². The van der Waals surface area contributed by atoms with Crippen LogP contribution in [0.2, 0.25) is 0 Å². The third-order valence-corrected chi connectivity index (χ3v) is 4.71. The number of aromatic nitrogens is 2. The first-order chi connectivity index (χ1) is 12.9. The van der Waals surface area contributed by atoms with Crippen molar-refractivity contribution in [2.45, 2.75) is 45.6 Å². The highest BCUT2D eigenvalue weighted by Gasteiger charge is 2.27. The van der Waals surface area contributed by atoms with Crippen LogP contribution in [0.3, 0.4) is 0 Å². The molecular formula is C19H21F3N4O. The van der Waals surface area contributed by atoms with E-state index in [0.29, 0.717) is 12.4 Å². The molecule has 2 heterocycles. The largest absolute Gasteiger partial charge is 0.338 e. The van der Waals surface area contributed by atoms with Crippen LogP contribution in [0.25, 0.3) is 0 Å². The Morgan fingerprint density at radius 1 is 1.22 bits per heavy atom. The number of nitrogens with one attached hydrogen (secondary N) is 1. The summed E-state index contributed by atoms with van der Waals surface area (Å²) in [5.74, 6) is -3.94. The van der Waals surface area contributed by atoms with Gasteiger partial charge in [-0.2, -0.15) is 0 Å². The van der Waals surface area contributed by atoms with E-state index in [4.69, 9.17) is 0 Å². The zero-order valence-electron chi connectivity index (χ0n) is 15.2. The van der Waals surface area contributed by atoms with Crippen LogP contribution in [0, 0.1) is 24.4 Å². The van der Waals surface area contributed by atoms with Crippen molar-refractivity contribution in [1.82, 2.24) is 14.9 Å². The van der Waals surface area contributed by atoms with Crippen molar-refractivity contribution < 1.29 is 18.0 Å². The van der Waals surface area contributed by atoms with E-state index in [2.05, 4.69) is 15.3 Å². The lowest BCUT2D eigenvalue weighted by molar-refractivity contribution is 0.0601. The number of benzene rings is 1. The highest BCUT2D eigenvalue weighted by atomic mass is 19.2. The average molecular weight is 378 g/mol.